The summed E-state index contributed by atoms with van der Waals surface area (Å²) in [6, 6.07) is 7.62. The zero-order valence-corrected chi connectivity index (χ0v) is 8.38. The second kappa shape index (κ2) is 4.61. The maximum absolute atomic E-state index is 6.84. The summed E-state index contributed by atoms with van der Waals surface area (Å²) in [6.07, 6.45) is 1.59. The third-order valence-electron chi connectivity index (χ3n) is 1.27. The zero-order valence-electron chi connectivity index (χ0n) is 6.79. The number of hydrogen-bond donors (Lipinski definition) is 3. The first kappa shape index (κ1) is 9.73. The lowest BCUT2D eigenvalue weighted by atomic mass is 10.2. The number of halogens is 1. The van der Waals surface area contributed by atoms with Crippen LogP contribution in [0.25, 0.3) is 0 Å². The van der Waals surface area contributed by atoms with E-state index in [0.717, 1.165) is 10.0 Å². The van der Waals surface area contributed by atoms with Crippen molar-refractivity contribution in [3.05, 3.63) is 34.3 Å². The van der Waals surface area contributed by atoms with Gasteiger partial charge in [-0.25, -0.2) is 5.43 Å². The summed E-state index contributed by atoms with van der Waals surface area (Å²) >= 11 is 3.32. The van der Waals surface area contributed by atoms with E-state index in [9.17, 15) is 0 Å². The van der Waals surface area contributed by atoms with E-state index in [2.05, 4.69) is 26.5 Å². The Hall–Kier alpha value is -1.36. The molecule has 5 heteroatoms. The molecule has 0 heterocycles. The molecule has 0 saturated carbocycles. The fourth-order valence-electron chi connectivity index (χ4n) is 0.725. The Balaban J connectivity index is 2.59. The number of nitrogens with zero attached hydrogens (tertiary/aromatic N) is 1. The fraction of sp³-hybridized carbons (Fsp3) is 0. The van der Waals surface area contributed by atoms with Gasteiger partial charge in [0.25, 0.3) is 0 Å². The molecule has 0 aromatic heterocycles. The lowest BCUT2D eigenvalue weighted by molar-refractivity contribution is 1.00. The van der Waals surface area contributed by atoms with Gasteiger partial charge in [0.1, 0.15) is 0 Å². The lowest BCUT2D eigenvalue weighted by Gasteiger charge is -1.94. The molecule has 0 saturated heterocycles. The van der Waals surface area contributed by atoms with Crippen LogP contribution in [0.5, 0.6) is 0 Å². The smallest absolute Gasteiger partial charge is 0.206 e. The maximum Gasteiger partial charge on any atom is 0.206 e. The molecule has 1 aromatic carbocycles. The van der Waals surface area contributed by atoms with E-state index in [-0.39, 0.29) is 5.96 Å². The normalized spacial score (nSPS) is 10.2. The van der Waals surface area contributed by atoms with Gasteiger partial charge in [-0.2, -0.15) is 5.10 Å². The standard InChI is InChI=1S/C8H9BrN4/c9-7-3-1-6(2-4-7)5-12-13-8(10)11/h1-5H,(H4,10,11,13)/b12-5+. The van der Waals surface area contributed by atoms with Gasteiger partial charge in [0.2, 0.25) is 5.96 Å². The summed E-state index contributed by atoms with van der Waals surface area (Å²) < 4.78 is 1.02. The van der Waals surface area contributed by atoms with Gasteiger partial charge in [-0.05, 0) is 17.7 Å². The molecule has 13 heavy (non-hydrogen) atoms. The molecule has 0 bridgehead atoms. The molecule has 68 valence electrons. The molecular weight excluding hydrogens is 232 g/mol. The van der Waals surface area contributed by atoms with Gasteiger partial charge in [-0.1, -0.05) is 28.1 Å². The number of hydrogen-bond acceptors (Lipinski definition) is 2. The lowest BCUT2D eigenvalue weighted by Crippen LogP contribution is -2.25. The molecule has 0 atom stereocenters. The van der Waals surface area contributed by atoms with Gasteiger partial charge < -0.3 is 5.73 Å². The van der Waals surface area contributed by atoms with Crippen LogP contribution >= 0.6 is 15.9 Å². The molecule has 0 spiro atoms. The van der Waals surface area contributed by atoms with E-state index in [0.29, 0.717) is 0 Å². The Morgan fingerprint density at radius 3 is 2.62 bits per heavy atom. The molecule has 0 aliphatic carbocycles. The van der Waals surface area contributed by atoms with Crippen LogP contribution in [0.15, 0.2) is 33.8 Å². The molecule has 0 aliphatic rings. The molecule has 0 amide bonds. The SMILES string of the molecule is N=C(N)N/N=C/c1ccc(Br)cc1. The molecular formula is C8H9BrN4. The summed E-state index contributed by atoms with van der Waals surface area (Å²) in [4.78, 5) is 0. The zero-order chi connectivity index (χ0) is 9.68. The summed E-state index contributed by atoms with van der Waals surface area (Å²) in [5.41, 5.74) is 8.30. The van der Waals surface area contributed by atoms with Crippen LogP contribution in [-0.2, 0) is 0 Å². The number of rotatable bonds is 2. The van der Waals surface area contributed by atoms with Gasteiger partial charge in [-0.15, -0.1) is 0 Å². The molecule has 4 N–H and O–H groups in total. The molecule has 0 radical (unpaired) electrons. The number of guanidine groups is 1. The second-order valence-electron chi connectivity index (χ2n) is 2.34. The quantitative estimate of drug-likeness (QED) is 0.414. The monoisotopic (exact) mass is 240 g/mol. The van der Waals surface area contributed by atoms with Crippen molar-refractivity contribution in [2.45, 2.75) is 0 Å². The molecule has 0 fully saturated rings. The van der Waals surface area contributed by atoms with Crippen molar-refractivity contribution in [2.75, 3.05) is 0 Å². The van der Waals surface area contributed by atoms with Crippen LogP contribution in [-0.4, -0.2) is 12.2 Å². The minimum absolute atomic E-state index is 0.173. The minimum Gasteiger partial charge on any atom is -0.369 e. The Bertz CT molecular complexity index is 317. The first-order valence-electron chi connectivity index (χ1n) is 3.57. The van der Waals surface area contributed by atoms with E-state index in [1.165, 1.54) is 0 Å². The highest BCUT2D eigenvalue weighted by Gasteiger charge is 1.87. The number of benzene rings is 1. The van der Waals surface area contributed by atoms with Crippen molar-refractivity contribution < 1.29 is 0 Å². The Kier molecular flexibility index (Phi) is 3.45. The van der Waals surface area contributed by atoms with Crippen molar-refractivity contribution in [3.63, 3.8) is 0 Å². The van der Waals surface area contributed by atoms with Crippen molar-refractivity contribution in [2.24, 2.45) is 10.8 Å². The van der Waals surface area contributed by atoms with Gasteiger partial charge >= 0.3 is 0 Å². The van der Waals surface area contributed by atoms with E-state index in [1.807, 2.05) is 24.3 Å². The predicted octanol–water partition coefficient (Wildman–Crippen LogP) is 1.27. The van der Waals surface area contributed by atoms with Crippen molar-refractivity contribution in [1.29, 1.82) is 5.41 Å². The third kappa shape index (κ3) is 3.71. The molecule has 0 aliphatic heterocycles. The van der Waals surface area contributed by atoms with Crippen LogP contribution in [0.3, 0.4) is 0 Å². The second-order valence-corrected chi connectivity index (χ2v) is 3.25. The Labute approximate surface area is 84.5 Å². The molecule has 4 nitrogen and oxygen atoms in total. The van der Waals surface area contributed by atoms with Gasteiger partial charge in [0.05, 0.1) is 6.21 Å². The highest BCUT2D eigenvalue weighted by Crippen LogP contribution is 2.08. The van der Waals surface area contributed by atoms with E-state index in [4.69, 9.17) is 11.1 Å². The van der Waals surface area contributed by atoms with Crippen LogP contribution in [0.2, 0.25) is 0 Å². The van der Waals surface area contributed by atoms with Gasteiger partial charge in [-0.3, -0.25) is 5.41 Å². The van der Waals surface area contributed by atoms with E-state index >= 15 is 0 Å². The Morgan fingerprint density at radius 2 is 2.08 bits per heavy atom. The van der Waals surface area contributed by atoms with Gasteiger partial charge in [0, 0.05) is 4.47 Å². The average molecular weight is 241 g/mol. The van der Waals surface area contributed by atoms with E-state index in [1.54, 1.807) is 6.21 Å². The van der Waals surface area contributed by atoms with Crippen LogP contribution in [0.4, 0.5) is 0 Å². The summed E-state index contributed by atoms with van der Waals surface area (Å²) in [5, 5.41) is 10.6. The average Bonchev–Trinajstić information content (AvgIpc) is 2.08. The highest BCUT2D eigenvalue weighted by atomic mass is 79.9. The van der Waals surface area contributed by atoms with Gasteiger partial charge in [0.15, 0.2) is 0 Å². The first-order chi connectivity index (χ1) is 6.18. The van der Waals surface area contributed by atoms with E-state index < -0.39 is 0 Å². The van der Waals surface area contributed by atoms with Crippen LogP contribution < -0.4 is 11.2 Å². The molecule has 1 aromatic rings. The van der Waals surface area contributed by atoms with Crippen LogP contribution in [0, 0.1) is 5.41 Å². The Morgan fingerprint density at radius 1 is 1.46 bits per heavy atom. The predicted molar refractivity (Wildman–Crippen MR) is 56.8 cm³/mol. The fourth-order valence-corrected chi connectivity index (χ4v) is 0.990. The van der Waals surface area contributed by atoms with Crippen LogP contribution in [0.1, 0.15) is 5.56 Å². The largest absolute Gasteiger partial charge is 0.369 e. The topological polar surface area (TPSA) is 74.3 Å². The van der Waals surface area contributed by atoms with Crippen molar-refractivity contribution in [1.82, 2.24) is 5.43 Å². The number of nitrogens with one attached hydrogen (secondary N) is 2. The van der Waals surface area contributed by atoms with Crippen molar-refractivity contribution >= 4 is 28.1 Å². The summed E-state index contributed by atoms with van der Waals surface area (Å²) in [7, 11) is 0. The minimum atomic E-state index is -0.173. The summed E-state index contributed by atoms with van der Waals surface area (Å²) in [6.45, 7) is 0. The molecule has 1 rings (SSSR count). The number of hydrazone groups is 1. The first-order valence-corrected chi connectivity index (χ1v) is 4.36. The summed E-state index contributed by atoms with van der Waals surface area (Å²) in [5.74, 6) is -0.173. The molecule has 0 unspecified atom stereocenters. The third-order valence-corrected chi connectivity index (χ3v) is 1.80. The maximum atomic E-state index is 6.84. The highest BCUT2D eigenvalue weighted by molar-refractivity contribution is 9.10. The number of nitrogens with two attached hydrogens (primary N) is 1. The van der Waals surface area contributed by atoms with Crippen molar-refractivity contribution in [3.8, 4) is 0 Å².